The number of alkyl halides is 3. The number of halogens is 3. The number of hydrogen-bond acceptors (Lipinski definition) is 6. The molecule has 1 aliphatic rings. The van der Waals surface area contributed by atoms with Crippen LogP contribution in [-0.2, 0) is 14.9 Å². The maximum Gasteiger partial charge on any atom is 0.427 e. The predicted octanol–water partition coefficient (Wildman–Crippen LogP) is 4.60. The number of benzene rings is 2. The molecule has 4 rings (SSSR count). The number of anilines is 1. The van der Waals surface area contributed by atoms with Crippen LogP contribution in [0.15, 0.2) is 53.4 Å². The van der Waals surface area contributed by atoms with Crippen molar-refractivity contribution < 1.29 is 31.2 Å². The molecule has 1 fully saturated rings. The van der Waals surface area contributed by atoms with Crippen molar-refractivity contribution in [2.24, 2.45) is 0 Å². The van der Waals surface area contributed by atoms with Gasteiger partial charge in [0.15, 0.2) is 0 Å². The lowest BCUT2D eigenvalue weighted by atomic mass is 10.2. The molecule has 7 nitrogen and oxygen atoms in total. The number of hydroxylamine groups is 1. The summed E-state index contributed by atoms with van der Waals surface area (Å²) in [5.41, 5.74) is 3.57. The third-order valence-corrected chi connectivity index (χ3v) is 8.20. The fraction of sp³-hybridized carbons (Fsp3) is 0.250. The van der Waals surface area contributed by atoms with Gasteiger partial charge in [-0.05, 0) is 41.6 Å². The number of amides is 1. The number of carbonyl (C=O) groups is 1. The molecule has 12 heteroatoms. The van der Waals surface area contributed by atoms with Gasteiger partial charge in [-0.15, -0.1) is 16.8 Å². The Morgan fingerprint density at radius 2 is 1.81 bits per heavy atom. The average molecular weight is 486 g/mol. The molecule has 0 spiro atoms. The van der Waals surface area contributed by atoms with E-state index >= 15 is 0 Å². The van der Waals surface area contributed by atoms with Crippen molar-refractivity contribution in [2.75, 3.05) is 10.8 Å². The molecule has 1 unspecified atom stereocenters. The molecule has 1 saturated heterocycles. The Morgan fingerprint density at radius 3 is 2.41 bits per heavy atom. The van der Waals surface area contributed by atoms with Gasteiger partial charge in [0.05, 0.1) is 11.3 Å². The molecule has 2 heterocycles. The summed E-state index contributed by atoms with van der Waals surface area (Å²) in [6.07, 6.45) is -7.14. The van der Waals surface area contributed by atoms with Crippen LogP contribution < -0.4 is 15.1 Å². The lowest BCUT2D eigenvalue weighted by Crippen LogP contribution is -2.34. The van der Waals surface area contributed by atoms with Crippen molar-refractivity contribution in [3.63, 3.8) is 0 Å². The Morgan fingerprint density at radius 1 is 1.12 bits per heavy atom. The first kappa shape index (κ1) is 22.4. The predicted molar refractivity (Wildman–Crippen MR) is 114 cm³/mol. The Labute approximate surface area is 185 Å². The first-order chi connectivity index (χ1) is 15.1. The lowest BCUT2D eigenvalue weighted by molar-refractivity contribution is -0.131. The van der Waals surface area contributed by atoms with E-state index in [1.165, 1.54) is 24.3 Å². The minimum Gasteiger partial charge on any atom is -0.351 e. The molecule has 1 amide bonds. The molecular weight excluding hydrogens is 467 g/mol. The van der Waals surface area contributed by atoms with Crippen molar-refractivity contribution in [3.8, 4) is 0 Å². The van der Waals surface area contributed by atoms with Crippen LogP contribution in [0, 0.1) is 6.92 Å². The average Bonchev–Trinajstić information content (AvgIpc) is 3.31. The second-order valence-corrected chi connectivity index (χ2v) is 10.0. The van der Waals surface area contributed by atoms with Crippen LogP contribution in [0.3, 0.4) is 0 Å². The van der Waals surface area contributed by atoms with Crippen molar-refractivity contribution in [2.45, 2.75) is 30.6 Å². The highest BCUT2D eigenvalue weighted by molar-refractivity contribution is 7.93. The zero-order chi connectivity index (χ0) is 23.1. The van der Waals surface area contributed by atoms with E-state index in [0.29, 0.717) is 11.1 Å². The molecule has 0 radical (unpaired) electrons. The van der Waals surface area contributed by atoms with Crippen molar-refractivity contribution in [1.29, 1.82) is 0 Å². The lowest BCUT2D eigenvalue weighted by Gasteiger charge is -2.24. The summed E-state index contributed by atoms with van der Waals surface area (Å²) < 4.78 is 67.5. The molecule has 0 saturated carbocycles. The third kappa shape index (κ3) is 4.38. The van der Waals surface area contributed by atoms with Crippen LogP contribution >= 0.6 is 11.3 Å². The summed E-state index contributed by atoms with van der Waals surface area (Å²) in [6.45, 7) is 0.955. The number of hydrogen-bond donors (Lipinski definition) is 2. The number of aryl methyl sites for hydroxylation is 1. The van der Waals surface area contributed by atoms with Gasteiger partial charge in [-0.25, -0.2) is 13.2 Å². The largest absolute Gasteiger partial charge is 0.427 e. The van der Waals surface area contributed by atoms with Gasteiger partial charge >= 0.3 is 12.3 Å². The monoisotopic (exact) mass is 485 g/mol. The molecular formula is C20H18F3N3O4S2. The number of sulfonamides is 1. The van der Waals surface area contributed by atoms with Crippen molar-refractivity contribution in [1.82, 2.24) is 10.8 Å². The fourth-order valence-corrected chi connectivity index (χ4v) is 6.33. The molecule has 2 N–H and O–H groups in total. The molecule has 1 aliphatic heterocycles. The van der Waals surface area contributed by atoms with Crippen LogP contribution in [0.4, 0.5) is 23.0 Å². The van der Waals surface area contributed by atoms with E-state index in [1.807, 2.05) is 0 Å². The second-order valence-electron chi connectivity index (χ2n) is 7.12. The Bertz CT molecular complexity index is 1260. The van der Waals surface area contributed by atoms with E-state index in [0.717, 1.165) is 25.7 Å². The zero-order valence-electron chi connectivity index (χ0n) is 16.6. The summed E-state index contributed by atoms with van der Waals surface area (Å²) in [6, 6.07) is 12.7. The highest BCUT2D eigenvalue weighted by Gasteiger charge is 2.34. The molecule has 0 bridgehead atoms. The summed E-state index contributed by atoms with van der Waals surface area (Å²) in [5, 5.41) is 3.52. The number of rotatable bonds is 6. The van der Waals surface area contributed by atoms with Crippen LogP contribution in [-0.4, -0.2) is 27.2 Å². The number of carbonyl (C=O) groups excluding carboxylic acids is 1. The van der Waals surface area contributed by atoms with E-state index in [1.54, 1.807) is 31.2 Å². The highest BCUT2D eigenvalue weighted by atomic mass is 32.2. The van der Waals surface area contributed by atoms with Crippen molar-refractivity contribution >= 4 is 42.5 Å². The van der Waals surface area contributed by atoms with Gasteiger partial charge in [0.1, 0.15) is 11.2 Å². The van der Waals surface area contributed by atoms with Crippen molar-refractivity contribution in [3.05, 3.63) is 59.7 Å². The van der Waals surface area contributed by atoms with Gasteiger partial charge < -0.3 is 4.84 Å². The van der Waals surface area contributed by atoms with E-state index in [9.17, 15) is 26.4 Å². The molecule has 170 valence electrons. The van der Waals surface area contributed by atoms with Gasteiger partial charge in [0.2, 0.25) is 0 Å². The normalized spacial score (nSPS) is 16.8. The topological polar surface area (TPSA) is 87.7 Å². The standard InChI is InChI=1S/C20H18F3N3O4S2/c1-12-15-4-2-3-5-16(15)31-18(12)26(11-10-20(21,22)23)32(28,29)14-8-6-13(7-9-14)17-24-19(27)30-25-17/h2-9,17,25H,10-11H2,1H3,(H,24,27). The van der Waals surface area contributed by atoms with E-state index < -0.39 is 41.4 Å². The number of fused-ring (bicyclic) bond motifs is 1. The fourth-order valence-electron chi connectivity index (χ4n) is 3.36. The van der Waals surface area contributed by atoms with Crippen LogP contribution in [0.25, 0.3) is 10.1 Å². The van der Waals surface area contributed by atoms with Crippen LogP contribution in [0.1, 0.15) is 23.7 Å². The molecule has 2 aromatic carbocycles. The molecule has 1 aromatic heterocycles. The Kier molecular flexibility index (Phi) is 5.77. The first-order valence-electron chi connectivity index (χ1n) is 9.47. The number of nitrogens with one attached hydrogen (secondary N) is 2. The summed E-state index contributed by atoms with van der Waals surface area (Å²) in [4.78, 5) is 15.6. The minimum atomic E-state index is -4.52. The van der Waals surface area contributed by atoms with E-state index in [2.05, 4.69) is 15.6 Å². The molecule has 1 atom stereocenters. The molecule has 32 heavy (non-hydrogen) atoms. The van der Waals surface area contributed by atoms with Gasteiger partial charge in [0, 0.05) is 11.2 Å². The smallest absolute Gasteiger partial charge is 0.351 e. The highest BCUT2D eigenvalue weighted by Crippen LogP contribution is 2.40. The van der Waals surface area contributed by atoms with Gasteiger partial charge in [-0.2, -0.15) is 13.2 Å². The zero-order valence-corrected chi connectivity index (χ0v) is 18.3. The quantitative estimate of drug-likeness (QED) is 0.533. The molecule has 3 aromatic rings. The van der Waals surface area contributed by atoms with Gasteiger partial charge in [-0.1, -0.05) is 30.3 Å². The second kappa shape index (κ2) is 8.26. The first-order valence-corrected chi connectivity index (χ1v) is 11.7. The van der Waals surface area contributed by atoms with Gasteiger partial charge in [-0.3, -0.25) is 9.62 Å². The maximum atomic E-state index is 13.4. The summed E-state index contributed by atoms with van der Waals surface area (Å²) in [7, 11) is -4.29. The Balaban J connectivity index is 1.72. The molecule has 0 aliphatic carbocycles. The van der Waals surface area contributed by atoms with E-state index in [4.69, 9.17) is 0 Å². The number of nitrogens with zero attached hydrogens (tertiary/aromatic N) is 1. The summed E-state index contributed by atoms with van der Waals surface area (Å²) >= 11 is 1.13. The Hall–Kier alpha value is -2.83. The third-order valence-electron chi connectivity index (χ3n) is 4.98. The minimum absolute atomic E-state index is 0.162. The van der Waals surface area contributed by atoms with Gasteiger partial charge in [0.25, 0.3) is 10.0 Å². The van der Waals surface area contributed by atoms with Crippen LogP contribution in [0.5, 0.6) is 0 Å². The van der Waals surface area contributed by atoms with E-state index in [-0.39, 0.29) is 9.90 Å². The number of thiophene rings is 1. The summed E-state index contributed by atoms with van der Waals surface area (Å²) in [5.74, 6) is 0. The van der Waals surface area contributed by atoms with Crippen LogP contribution in [0.2, 0.25) is 0 Å². The SMILES string of the molecule is Cc1c(N(CCC(F)(F)F)S(=O)(=O)c2ccc(C3NOC(=O)N3)cc2)sc2ccccc12. The maximum absolute atomic E-state index is 13.4.